The summed E-state index contributed by atoms with van der Waals surface area (Å²) in [4.78, 5) is 12.4. The van der Waals surface area contributed by atoms with Crippen LogP contribution in [-0.2, 0) is 4.79 Å². The van der Waals surface area contributed by atoms with E-state index in [1.54, 1.807) is 6.92 Å². The van der Waals surface area contributed by atoms with Crippen LogP contribution in [0.4, 0.5) is 0 Å². The normalized spacial score (nSPS) is 16.8. The lowest BCUT2D eigenvalue weighted by Crippen LogP contribution is -2.44. The first-order valence-electron chi connectivity index (χ1n) is 8.96. The van der Waals surface area contributed by atoms with Crippen molar-refractivity contribution < 1.29 is 19.0 Å². The quantitative estimate of drug-likeness (QED) is 0.861. The van der Waals surface area contributed by atoms with Crippen molar-refractivity contribution in [3.05, 3.63) is 54.1 Å². The largest absolute Gasteiger partial charge is 0.486 e. The van der Waals surface area contributed by atoms with E-state index in [-0.39, 0.29) is 12.0 Å². The van der Waals surface area contributed by atoms with Crippen LogP contribution in [-0.4, -0.2) is 31.3 Å². The Morgan fingerprint density at radius 1 is 1.12 bits per heavy atom. The minimum atomic E-state index is -0.591. The third-order valence-corrected chi connectivity index (χ3v) is 4.29. The van der Waals surface area contributed by atoms with Gasteiger partial charge in [0.15, 0.2) is 17.6 Å². The first-order valence-corrected chi connectivity index (χ1v) is 8.96. The van der Waals surface area contributed by atoms with Gasteiger partial charge in [-0.1, -0.05) is 44.2 Å². The molecule has 2 aromatic rings. The van der Waals surface area contributed by atoms with Crippen LogP contribution >= 0.6 is 0 Å². The highest BCUT2D eigenvalue weighted by atomic mass is 16.6. The standard InChI is InChI=1S/C21H25NO4/c1-14(2)17-8-4-5-9-18(17)25-15(3)21(23)22-12-16-13-24-19-10-6-7-11-20(19)26-16/h4-11,14-16H,12-13H2,1-3H3,(H,22,23)/t15-,16-/m1/s1. The highest BCUT2D eigenvalue weighted by molar-refractivity contribution is 5.80. The summed E-state index contributed by atoms with van der Waals surface area (Å²) in [5.41, 5.74) is 1.09. The van der Waals surface area contributed by atoms with E-state index in [1.807, 2.05) is 48.5 Å². The summed E-state index contributed by atoms with van der Waals surface area (Å²) in [7, 11) is 0. The Hall–Kier alpha value is -2.69. The van der Waals surface area contributed by atoms with E-state index in [9.17, 15) is 4.79 Å². The molecule has 1 heterocycles. The summed E-state index contributed by atoms with van der Waals surface area (Å²) < 4.78 is 17.4. The van der Waals surface area contributed by atoms with Crippen LogP contribution in [0.15, 0.2) is 48.5 Å². The SMILES string of the molecule is CC(C)c1ccccc1O[C@H](C)C(=O)NC[C@@H]1COc2ccccc2O1. The highest BCUT2D eigenvalue weighted by Gasteiger charge is 2.23. The lowest BCUT2D eigenvalue weighted by molar-refractivity contribution is -0.127. The fourth-order valence-electron chi connectivity index (χ4n) is 2.83. The Kier molecular flexibility index (Phi) is 5.66. The third-order valence-electron chi connectivity index (χ3n) is 4.29. The van der Waals surface area contributed by atoms with Crippen LogP contribution < -0.4 is 19.5 Å². The minimum Gasteiger partial charge on any atom is -0.486 e. The molecule has 1 aliphatic heterocycles. The van der Waals surface area contributed by atoms with Gasteiger partial charge in [0.25, 0.3) is 5.91 Å². The van der Waals surface area contributed by atoms with Gasteiger partial charge in [0, 0.05) is 0 Å². The molecule has 0 aliphatic carbocycles. The maximum atomic E-state index is 12.4. The van der Waals surface area contributed by atoms with Crippen LogP contribution in [0.5, 0.6) is 17.2 Å². The third kappa shape index (κ3) is 4.28. The number of fused-ring (bicyclic) bond motifs is 1. The molecule has 0 saturated heterocycles. The van der Waals surface area contributed by atoms with Gasteiger partial charge in [-0.15, -0.1) is 0 Å². The van der Waals surface area contributed by atoms with Crippen molar-refractivity contribution in [3.8, 4) is 17.2 Å². The summed E-state index contributed by atoms with van der Waals surface area (Å²) in [6.45, 7) is 6.73. The molecule has 5 nitrogen and oxygen atoms in total. The Balaban J connectivity index is 1.53. The number of carbonyl (C=O) groups excluding carboxylic acids is 1. The second-order valence-electron chi connectivity index (χ2n) is 6.70. The zero-order valence-corrected chi connectivity index (χ0v) is 15.4. The second kappa shape index (κ2) is 8.13. The summed E-state index contributed by atoms with van der Waals surface area (Å²) in [6, 6.07) is 15.3. The van der Waals surface area contributed by atoms with Gasteiger partial charge < -0.3 is 19.5 Å². The van der Waals surface area contributed by atoms with E-state index in [1.165, 1.54) is 0 Å². The number of ether oxygens (including phenoxy) is 3. The molecule has 1 amide bonds. The van der Waals surface area contributed by atoms with E-state index in [0.717, 1.165) is 17.1 Å². The summed E-state index contributed by atoms with van der Waals surface area (Å²) in [6.07, 6.45) is -0.810. The van der Waals surface area contributed by atoms with Crippen LogP contribution in [0.2, 0.25) is 0 Å². The first-order chi connectivity index (χ1) is 12.5. The number of benzene rings is 2. The van der Waals surface area contributed by atoms with Crippen molar-refractivity contribution >= 4 is 5.91 Å². The van der Waals surface area contributed by atoms with Crippen molar-refractivity contribution in [2.75, 3.05) is 13.2 Å². The van der Waals surface area contributed by atoms with Gasteiger partial charge in [0.2, 0.25) is 0 Å². The molecule has 5 heteroatoms. The Bertz CT molecular complexity index is 759. The zero-order chi connectivity index (χ0) is 18.5. The van der Waals surface area contributed by atoms with Crippen LogP contribution in [0.25, 0.3) is 0 Å². The molecule has 0 aromatic heterocycles. The van der Waals surface area contributed by atoms with Crippen molar-refractivity contribution in [1.29, 1.82) is 0 Å². The number of rotatable bonds is 6. The molecular formula is C21H25NO4. The highest BCUT2D eigenvalue weighted by Crippen LogP contribution is 2.30. The Morgan fingerprint density at radius 3 is 2.58 bits per heavy atom. The molecule has 2 atom stereocenters. The summed E-state index contributed by atoms with van der Waals surface area (Å²) in [5.74, 6) is 2.34. The van der Waals surface area contributed by atoms with E-state index in [2.05, 4.69) is 19.2 Å². The Labute approximate surface area is 154 Å². The van der Waals surface area contributed by atoms with E-state index < -0.39 is 6.10 Å². The minimum absolute atomic E-state index is 0.175. The summed E-state index contributed by atoms with van der Waals surface area (Å²) in [5, 5.41) is 2.88. The van der Waals surface area contributed by atoms with Gasteiger partial charge in [-0.25, -0.2) is 0 Å². The zero-order valence-electron chi connectivity index (χ0n) is 15.4. The van der Waals surface area contributed by atoms with E-state index in [0.29, 0.717) is 24.8 Å². The average molecular weight is 355 g/mol. The smallest absolute Gasteiger partial charge is 0.260 e. The lowest BCUT2D eigenvalue weighted by Gasteiger charge is -2.27. The van der Waals surface area contributed by atoms with Gasteiger partial charge in [-0.2, -0.15) is 0 Å². The lowest BCUT2D eigenvalue weighted by atomic mass is 10.0. The molecule has 3 rings (SSSR count). The maximum absolute atomic E-state index is 12.4. The number of nitrogens with one attached hydrogen (secondary N) is 1. The number of amides is 1. The molecule has 138 valence electrons. The maximum Gasteiger partial charge on any atom is 0.260 e. The van der Waals surface area contributed by atoms with Gasteiger partial charge >= 0.3 is 0 Å². The predicted molar refractivity (Wildman–Crippen MR) is 100.0 cm³/mol. The van der Waals surface area contributed by atoms with Gasteiger partial charge in [-0.05, 0) is 36.6 Å². The molecule has 1 aliphatic rings. The molecule has 0 fully saturated rings. The molecule has 0 unspecified atom stereocenters. The molecule has 0 spiro atoms. The predicted octanol–water partition coefficient (Wildman–Crippen LogP) is 3.53. The first kappa shape index (κ1) is 18.1. The van der Waals surface area contributed by atoms with E-state index >= 15 is 0 Å². The average Bonchev–Trinajstić information content (AvgIpc) is 2.66. The number of hydrogen-bond donors (Lipinski definition) is 1. The van der Waals surface area contributed by atoms with E-state index in [4.69, 9.17) is 14.2 Å². The molecule has 1 N–H and O–H groups in total. The van der Waals surface area contributed by atoms with Gasteiger partial charge in [-0.3, -0.25) is 4.79 Å². The fraction of sp³-hybridized carbons (Fsp3) is 0.381. The summed E-state index contributed by atoms with van der Waals surface area (Å²) >= 11 is 0. The van der Waals surface area contributed by atoms with Crippen LogP contribution in [0, 0.1) is 0 Å². The van der Waals surface area contributed by atoms with Gasteiger partial charge in [0.1, 0.15) is 18.5 Å². The monoisotopic (exact) mass is 355 g/mol. The second-order valence-corrected chi connectivity index (χ2v) is 6.70. The molecule has 0 radical (unpaired) electrons. The Morgan fingerprint density at radius 2 is 1.81 bits per heavy atom. The molecule has 26 heavy (non-hydrogen) atoms. The topological polar surface area (TPSA) is 56.8 Å². The van der Waals surface area contributed by atoms with Crippen molar-refractivity contribution in [2.45, 2.75) is 38.9 Å². The van der Waals surface area contributed by atoms with Crippen molar-refractivity contribution in [2.24, 2.45) is 0 Å². The number of carbonyl (C=O) groups is 1. The molecular weight excluding hydrogens is 330 g/mol. The van der Waals surface area contributed by atoms with Crippen molar-refractivity contribution in [3.63, 3.8) is 0 Å². The number of para-hydroxylation sites is 3. The van der Waals surface area contributed by atoms with Gasteiger partial charge in [0.05, 0.1) is 6.54 Å². The molecule has 2 aromatic carbocycles. The fourth-order valence-corrected chi connectivity index (χ4v) is 2.83. The van der Waals surface area contributed by atoms with Crippen molar-refractivity contribution in [1.82, 2.24) is 5.32 Å². The number of hydrogen-bond acceptors (Lipinski definition) is 4. The molecule has 0 saturated carbocycles. The molecule has 0 bridgehead atoms. The van der Waals surface area contributed by atoms with Crippen LogP contribution in [0.1, 0.15) is 32.3 Å². The van der Waals surface area contributed by atoms with Crippen LogP contribution in [0.3, 0.4) is 0 Å².